The third-order valence-electron chi connectivity index (χ3n) is 6.97. The first-order valence-corrected chi connectivity index (χ1v) is 16.2. The van der Waals surface area contributed by atoms with Gasteiger partial charge in [0, 0.05) is 6.08 Å². The second-order valence-electron chi connectivity index (χ2n) is 11.0. The van der Waals surface area contributed by atoms with Gasteiger partial charge >= 0.3 is 11.9 Å². The number of aliphatic hydroxyl groups excluding tert-OH is 1. The molecule has 1 N–H and O–H groups in total. The van der Waals surface area contributed by atoms with E-state index in [-0.39, 0.29) is 6.79 Å². The highest BCUT2D eigenvalue weighted by Gasteiger charge is 2.12. The van der Waals surface area contributed by atoms with E-state index in [9.17, 15) is 14.7 Å². The van der Waals surface area contributed by atoms with Crippen molar-refractivity contribution in [3.05, 3.63) is 109 Å². The van der Waals surface area contributed by atoms with Crippen LogP contribution in [0.2, 0.25) is 0 Å². The van der Waals surface area contributed by atoms with Crippen LogP contribution in [0, 0.1) is 0 Å². The fourth-order valence-corrected chi connectivity index (χ4v) is 4.37. The molecule has 3 rings (SSSR count). The summed E-state index contributed by atoms with van der Waals surface area (Å²) < 4.78 is 27.5. The number of rotatable bonds is 24. The molecule has 0 saturated heterocycles. The molecule has 258 valence electrons. The minimum absolute atomic E-state index is 0.00379. The molecule has 1 atom stereocenters. The van der Waals surface area contributed by atoms with Crippen LogP contribution in [-0.2, 0) is 19.3 Å². The van der Waals surface area contributed by atoms with Crippen LogP contribution < -0.4 is 18.9 Å². The average molecular weight is 663 g/mol. The predicted octanol–water partition coefficient (Wildman–Crippen LogP) is 8.07. The highest BCUT2D eigenvalue weighted by atomic mass is 17.2. The molecule has 48 heavy (non-hydrogen) atoms. The van der Waals surface area contributed by atoms with Crippen LogP contribution in [0.15, 0.2) is 97.8 Å². The number of hydrogen-bond donors (Lipinski definition) is 1. The summed E-state index contributed by atoms with van der Waals surface area (Å²) in [5, 5.41) is 10.5. The summed E-state index contributed by atoms with van der Waals surface area (Å²) in [6.07, 6.45) is 7.31. The molecule has 0 spiro atoms. The van der Waals surface area contributed by atoms with Gasteiger partial charge in [-0.1, -0.05) is 38.1 Å². The zero-order chi connectivity index (χ0) is 34.4. The van der Waals surface area contributed by atoms with Gasteiger partial charge in [0.25, 0.3) is 0 Å². The fraction of sp³-hybridized carbons (Fsp3) is 0.368. The van der Waals surface area contributed by atoms with Crippen LogP contribution in [0.4, 0.5) is 0 Å². The smallest absolute Gasteiger partial charge is 0.343 e. The molecular formula is C38H46O10. The molecular weight excluding hydrogens is 616 g/mol. The van der Waals surface area contributed by atoms with Gasteiger partial charge < -0.3 is 33.7 Å². The van der Waals surface area contributed by atoms with Crippen molar-refractivity contribution in [2.24, 2.45) is 0 Å². The van der Waals surface area contributed by atoms with Crippen molar-refractivity contribution in [2.75, 3.05) is 26.6 Å². The average Bonchev–Trinajstić information content (AvgIpc) is 3.10. The van der Waals surface area contributed by atoms with Gasteiger partial charge in [-0.15, -0.1) is 0 Å². The summed E-state index contributed by atoms with van der Waals surface area (Å²) in [5.74, 6) is 1.95. The van der Waals surface area contributed by atoms with Gasteiger partial charge in [-0.05, 0) is 112 Å². The molecule has 10 nitrogen and oxygen atoms in total. The maximum absolute atomic E-state index is 12.6. The number of aliphatic hydroxyl groups is 1. The number of ether oxygens (including phenoxy) is 5. The van der Waals surface area contributed by atoms with E-state index in [0.717, 1.165) is 56.8 Å². The van der Waals surface area contributed by atoms with E-state index in [0.29, 0.717) is 60.4 Å². The Hall–Kier alpha value is -4.80. The molecule has 10 heteroatoms. The Morgan fingerprint density at radius 1 is 0.708 bits per heavy atom. The lowest BCUT2D eigenvalue weighted by atomic mass is 10.0. The highest BCUT2D eigenvalue weighted by molar-refractivity contribution is 5.91. The van der Waals surface area contributed by atoms with Crippen molar-refractivity contribution in [3.63, 3.8) is 0 Å². The number of benzene rings is 3. The van der Waals surface area contributed by atoms with E-state index in [1.54, 1.807) is 55.5 Å². The minimum Gasteiger partial charge on any atom is -0.494 e. The van der Waals surface area contributed by atoms with Gasteiger partial charge in [-0.25, -0.2) is 9.59 Å². The van der Waals surface area contributed by atoms with Crippen molar-refractivity contribution in [2.45, 2.75) is 64.4 Å². The molecule has 0 aliphatic carbocycles. The minimum atomic E-state index is -0.651. The molecule has 0 saturated carbocycles. The van der Waals surface area contributed by atoms with E-state index >= 15 is 0 Å². The Morgan fingerprint density at radius 3 is 1.85 bits per heavy atom. The van der Waals surface area contributed by atoms with Crippen molar-refractivity contribution >= 4 is 11.9 Å². The molecule has 0 aliphatic rings. The van der Waals surface area contributed by atoms with Gasteiger partial charge in [-0.3, -0.25) is 0 Å². The number of carbonyl (C=O) groups is 2. The number of hydrogen-bond acceptors (Lipinski definition) is 10. The quantitative estimate of drug-likeness (QED) is 0.0147. The molecule has 0 heterocycles. The molecule has 0 aliphatic heterocycles. The molecule has 0 aromatic heterocycles. The lowest BCUT2D eigenvalue weighted by Gasteiger charge is -2.12. The molecule has 3 aromatic rings. The third-order valence-corrected chi connectivity index (χ3v) is 6.97. The van der Waals surface area contributed by atoms with Gasteiger partial charge in [0.1, 0.15) is 28.8 Å². The monoisotopic (exact) mass is 662 g/mol. The zero-order valence-corrected chi connectivity index (χ0v) is 27.6. The predicted molar refractivity (Wildman–Crippen MR) is 181 cm³/mol. The second kappa shape index (κ2) is 21.9. The highest BCUT2D eigenvalue weighted by Crippen LogP contribution is 2.23. The fourth-order valence-electron chi connectivity index (χ4n) is 4.37. The van der Waals surface area contributed by atoms with Crippen molar-refractivity contribution < 1.29 is 48.2 Å². The first-order chi connectivity index (χ1) is 23.3. The van der Waals surface area contributed by atoms with Gasteiger partial charge in [0.05, 0.1) is 31.5 Å². The van der Waals surface area contributed by atoms with E-state index in [1.807, 2.05) is 24.3 Å². The molecule has 0 amide bonds. The standard InChI is InChI=1S/C38H46O10/c1-4-37(40)43-26-10-7-8-12-36(39)30-13-15-31(16-14-30)38(41)47-35-23-21-34(22-24-35)45-28-44-33-19-17-32(18-20-33)42-25-9-5-6-11-27-46-48-29(2)3/h4,13-24,36,39H,1-2,5-12,25-28H2,3H3. The summed E-state index contributed by atoms with van der Waals surface area (Å²) in [6.45, 7) is 10.2. The number of allylic oxidation sites excluding steroid dienone is 1. The SMILES string of the molecule is C=CC(=O)OCCCCCC(O)c1ccc(C(=O)Oc2ccc(OCOc3ccc(OCCCCCCOOC(=C)C)cc3)cc2)cc1. The number of carbonyl (C=O) groups excluding carboxylic acids is 2. The number of esters is 2. The van der Waals surface area contributed by atoms with Crippen molar-refractivity contribution in [1.29, 1.82) is 0 Å². The van der Waals surface area contributed by atoms with E-state index < -0.39 is 18.0 Å². The summed E-state index contributed by atoms with van der Waals surface area (Å²) in [7, 11) is 0. The first-order valence-electron chi connectivity index (χ1n) is 16.2. The van der Waals surface area contributed by atoms with Gasteiger partial charge in [0.2, 0.25) is 6.79 Å². The molecule has 0 bridgehead atoms. The molecule has 3 aromatic carbocycles. The normalized spacial score (nSPS) is 11.2. The second-order valence-corrected chi connectivity index (χ2v) is 11.0. The Bertz CT molecular complexity index is 1380. The summed E-state index contributed by atoms with van der Waals surface area (Å²) in [4.78, 5) is 33.6. The summed E-state index contributed by atoms with van der Waals surface area (Å²) in [5.41, 5.74) is 1.08. The Labute approximate surface area is 282 Å². The van der Waals surface area contributed by atoms with Crippen LogP contribution in [0.25, 0.3) is 0 Å². The van der Waals surface area contributed by atoms with Crippen molar-refractivity contribution in [1.82, 2.24) is 0 Å². The Morgan fingerprint density at radius 2 is 1.25 bits per heavy atom. The first kappa shape index (κ1) is 37.7. The number of unbranched alkanes of at least 4 members (excludes halogenated alkanes) is 5. The topological polar surface area (TPSA) is 119 Å². The molecule has 0 radical (unpaired) electrons. The van der Waals surface area contributed by atoms with Crippen LogP contribution in [-0.4, -0.2) is 43.7 Å². The van der Waals surface area contributed by atoms with Crippen LogP contribution in [0.3, 0.4) is 0 Å². The lowest BCUT2D eigenvalue weighted by molar-refractivity contribution is -0.261. The van der Waals surface area contributed by atoms with Crippen molar-refractivity contribution in [3.8, 4) is 23.0 Å². The molecule has 0 fully saturated rings. The Balaban J connectivity index is 1.28. The van der Waals surface area contributed by atoms with Gasteiger partial charge in [-0.2, -0.15) is 4.89 Å². The van der Waals surface area contributed by atoms with E-state index in [2.05, 4.69) is 13.2 Å². The van der Waals surface area contributed by atoms with Crippen LogP contribution >= 0.6 is 0 Å². The molecule has 1 unspecified atom stereocenters. The third kappa shape index (κ3) is 15.2. The van der Waals surface area contributed by atoms with Crippen LogP contribution in [0.1, 0.15) is 80.3 Å². The maximum Gasteiger partial charge on any atom is 0.343 e. The van der Waals surface area contributed by atoms with E-state index in [4.69, 9.17) is 33.5 Å². The maximum atomic E-state index is 12.6. The lowest BCUT2D eigenvalue weighted by Crippen LogP contribution is -2.09. The Kier molecular flexibility index (Phi) is 17.2. The van der Waals surface area contributed by atoms with E-state index in [1.165, 1.54) is 0 Å². The van der Waals surface area contributed by atoms with Crippen LogP contribution in [0.5, 0.6) is 23.0 Å². The summed E-state index contributed by atoms with van der Waals surface area (Å²) in [6, 6.07) is 20.7. The zero-order valence-electron chi connectivity index (χ0n) is 27.6. The summed E-state index contributed by atoms with van der Waals surface area (Å²) >= 11 is 0. The largest absolute Gasteiger partial charge is 0.494 e. The van der Waals surface area contributed by atoms with Gasteiger partial charge in [0.15, 0.2) is 0 Å².